The van der Waals surface area contributed by atoms with E-state index in [-0.39, 0.29) is 11.9 Å². The van der Waals surface area contributed by atoms with Crippen molar-refractivity contribution in [1.29, 1.82) is 0 Å². The summed E-state index contributed by atoms with van der Waals surface area (Å²) in [5.74, 6) is 1.97. The van der Waals surface area contributed by atoms with Crippen LogP contribution in [0.4, 0.5) is 0 Å². The molecule has 1 atom stereocenters. The Balaban J connectivity index is 4.12. The molecule has 0 radical (unpaired) electrons. The number of nitrogens with zero attached hydrogens (tertiary/aromatic N) is 1. The fraction of sp³-hybridized carbons (Fsp3) is 0.923. The van der Waals surface area contributed by atoms with Crippen LogP contribution in [0.3, 0.4) is 0 Å². The number of hydrogen-bond acceptors (Lipinski definition) is 3. The third kappa shape index (κ3) is 10.6. The van der Waals surface area contributed by atoms with Crippen LogP contribution < -0.4 is 5.32 Å². The lowest BCUT2D eigenvalue weighted by Gasteiger charge is -2.21. The van der Waals surface area contributed by atoms with Gasteiger partial charge in [0.1, 0.15) is 0 Å². The molecule has 1 amide bonds. The first-order chi connectivity index (χ1) is 7.81. The van der Waals surface area contributed by atoms with Crippen molar-refractivity contribution in [1.82, 2.24) is 10.2 Å². The lowest BCUT2D eigenvalue weighted by molar-refractivity contribution is -0.121. The summed E-state index contributed by atoms with van der Waals surface area (Å²) in [7, 11) is 4.12. The Kier molecular flexibility index (Phi) is 8.70. The summed E-state index contributed by atoms with van der Waals surface area (Å²) in [6, 6.07) is 0.234. The lowest BCUT2D eigenvalue weighted by atomic mass is 10.2. The molecule has 3 nitrogen and oxygen atoms in total. The van der Waals surface area contributed by atoms with Crippen LogP contribution in [0.1, 0.15) is 34.1 Å². The minimum absolute atomic E-state index is 0.170. The van der Waals surface area contributed by atoms with Gasteiger partial charge in [0.05, 0.1) is 0 Å². The molecule has 0 bridgehead atoms. The average Bonchev–Trinajstić information content (AvgIpc) is 2.11. The molecule has 0 aromatic rings. The van der Waals surface area contributed by atoms with Crippen molar-refractivity contribution in [2.75, 3.05) is 26.4 Å². The number of carbonyl (C=O) groups excluding carboxylic acids is 1. The van der Waals surface area contributed by atoms with E-state index in [2.05, 4.69) is 38.2 Å². The van der Waals surface area contributed by atoms with Crippen molar-refractivity contribution in [3.8, 4) is 0 Å². The third-order valence-corrected chi connectivity index (χ3v) is 3.74. The molecule has 0 aromatic carbocycles. The SMILES string of the molecule is CC(C)CSC(CC(=O)NC(C)C)CN(C)C. The van der Waals surface area contributed by atoms with Gasteiger partial charge in [0.25, 0.3) is 0 Å². The maximum atomic E-state index is 11.7. The van der Waals surface area contributed by atoms with Gasteiger partial charge in [-0.2, -0.15) is 11.8 Å². The van der Waals surface area contributed by atoms with E-state index in [1.54, 1.807) is 0 Å². The Morgan fingerprint density at radius 3 is 2.24 bits per heavy atom. The second-order valence-corrected chi connectivity index (χ2v) is 6.87. The molecule has 0 aliphatic heterocycles. The van der Waals surface area contributed by atoms with Crippen molar-refractivity contribution in [2.24, 2.45) is 5.92 Å². The topological polar surface area (TPSA) is 32.3 Å². The molecular weight excluding hydrogens is 232 g/mol. The summed E-state index contributed by atoms with van der Waals surface area (Å²) < 4.78 is 0. The number of hydrogen-bond donors (Lipinski definition) is 1. The lowest BCUT2D eigenvalue weighted by Crippen LogP contribution is -2.35. The molecule has 1 N–H and O–H groups in total. The van der Waals surface area contributed by atoms with Crippen molar-refractivity contribution in [3.05, 3.63) is 0 Å². The highest BCUT2D eigenvalue weighted by molar-refractivity contribution is 7.99. The summed E-state index contributed by atoms with van der Waals surface area (Å²) in [6.07, 6.45) is 0.619. The van der Waals surface area contributed by atoms with Gasteiger partial charge in [0, 0.05) is 24.3 Å². The smallest absolute Gasteiger partial charge is 0.221 e. The summed E-state index contributed by atoms with van der Waals surface area (Å²) >= 11 is 1.91. The van der Waals surface area contributed by atoms with Gasteiger partial charge < -0.3 is 10.2 Å². The first-order valence-electron chi connectivity index (χ1n) is 6.37. The van der Waals surface area contributed by atoms with Crippen LogP contribution in [0.25, 0.3) is 0 Å². The fourth-order valence-electron chi connectivity index (χ4n) is 1.50. The number of carbonyl (C=O) groups is 1. The quantitative estimate of drug-likeness (QED) is 0.726. The van der Waals surface area contributed by atoms with Crippen LogP contribution in [0.2, 0.25) is 0 Å². The zero-order valence-corrected chi connectivity index (χ0v) is 12.9. The molecule has 102 valence electrons. The minimum atomic E-state index is 0.170. The van der Waals surface area contributed by atoms with Crippen molar-refractivity contribution in [2.45, 2.75) is 45.4 Å². The summed E-state index contributed by atoms with van der Waals surface area (Å²) in [5, 5.41) is 3.36. The second-order valence-electron chi connectivity index (χ2n) is 5.54. The van der Waals surface area contributed by atoms with E-state index in [1.165, 1.54) is 0 Å². The van der Waals surface area contributed by atoms with Crippen LogP contribution in [0, 0.1) is 5.92 Å². The molecule has 0 aromatic heterocycles. The normalized spacial score (nSPS) is 13.5. The average molecular weight is 260 g/mol. The van der Waals surface area contributed by atoms with E-state index in [4.69, 9.17) is 0 Å². The Morgan fingerprint density at radius 2 is 1.82 bits per heavy atom. The van der Waals surface area contributed by atoms with Crippen LogP contribution in [-0.4, -0.2) is 48.5 Å². The Bertz CT molecular complexity index is 217. The van der Waals surface area contributed by atoms with Gasteiger partial charge in [0.2, 0.25) is 5.91 Å². The van der Waals surface area contributed by atoms with Gasteiger partial charge in [-0.25, -0.2) is 0 Å². The van der Waals surface area contributed by atoms with Gasteiger partial charge in [-0.15, -0.1) is 0 Å². The highest BCUT2D eigenvalue weighted by atomic mass is 32.2. The molecule has 0 rings (SSSR count). The van der Waals surface area contributed by atoms with Crippen LogP contribution in [0.5, 0.6) is 0 Å². The largest absolute Gasteiger partial charge is 0.354 e. The van der Waals surface area contributed by atoms with Gasteiger partial charge in [-0.3, -0.25) is 4.79 Å². The predicted molar refractivity (Wildman–Crippen MR) is 77.5 cm³/mol. The second kappa shape index (κ2) is 8.81. The highest BCUT2D eigenvalue weighted by Crippen LogP contribution is 2.18. The van der Waals surface area contributed by atoms with E-state index in [9.17, 15) is 4.79 Å². The molecule has 0 fully saturated rings. The summed E-state index contributed by atoms with van der Waals surface area (Å²) in [5.41, 5.74) is 0. The van der Waals surface area contributed by atoms with Crippen LogP contribution >= 0.6 is 11.8 Å². The predicted octanol–water partition coefficient (Wildman–Crippen LogP) is 2.22. The number of thioether (sulfide) groups is 1. The molecule has 0 aliphatic rings. The summed E-state index contributed by atoms with van der Waals surface area (Å²) in [6.45, 7) is 9.39. The first kappa shape index (κ1) is 16.8. The van der Waals surface area contributed by atoms with Gasteiger partial charge >= 0.3 is 0 Å². The molecule has 0 spiro atoms. The first-order valence-corrected chi connectivity index (χ1v) is 7.41. The molecule has 4 heteroatoms. The van der Waals surface area contributed by atoms with Gasteiger partial charge in [-0.05, 0) is 39.6 Å². The van der Waals surface area contributed by atoms with Crippen LogP contribution in [0.15, 0.2) is 0 Å². The molecular formula is C13H28N2OS. The van der Waals surface area contributed by atoms with Gasteiger partial charge in [0.15, 0.2) is 0 Å². The summed E-state index contributed by atoms with van der Waals surface area (Å²) in [4.78, 5) is 13.9. The Morgan fingerprint density at radius 1 is 1.24 bits per heavy atom. The maximum absolute atomic E-state index is 11.7. The van der Waals surface area contributed by atoms with Crippen molar-refractivity contribution in [3.63, 3.8) is 0 Å². The minimum Gasteiger partial charge on any atom is -0.354 e. The molecule has 17 heavy (non-hydrogen) atoms. The van der Waals surface area contributed by atoms with Crippen LogP contribution in [-0.2, 0) is 4.79 Å². The molecule has 0 aliphatic carbocycles. The van der Waals surface area contributed by atoms with E-state index >= 15 is 0 Å². The third-order valence-electron chi connectivity index (χ3n) is 2.10. The van der Waals surface area contributed by atoms with Crippen molar-refractivity contribution >= 4 is 17.7 Å². The number of nitrogens with one attached hydrogen (secondary N) is 1. The van der Waals surface area contributed by atoms with E-state index in [1.807, 2.05) is 25.6 Å². The number of rotatable bonds is 8. The fourth-order valence-corrected chi connectivity index (χ4v) is 2.83. The van der Waals surface area contributed by atoms with E-state index in [0.717, 1.165) is 12.3 Å². The van der Waals surface area contributed by atoms with Crippen molar-refractivity contribution < 1.29 is 4.79 Å². The van der Waals surface area contributed by atoms with E-state index in [0.29, 0.717) is 17.6 Å². The monoisotopic (exact) mass is 260 g/mol. The maximum Gasteiger partial charge on any atom is 0.221 e. The molecule has 0 saturated carbocycles. The van der Waals surface area contributed by atoms with E-state index < -0.39 is 0 Å². The standard InChI is InChI=1S/C13H28N2OS/c1-10(2)9-17-12(8-15(5)6)7-13(16)14-11(3)4/h10-12H,7-9H2,1-6H3,(H,14,16). The highest BCUT2D eigenvalue weighted by Gasteiger charge is 2.16. The molecule has 1 unspecified atom stereocenters. The zero-order chi connectivity index (χ0) is 13.4. The van der Waals surface area contributed by atoms with Gasteiger partial charge in [-0.1, -0.05) is 13.8 Å². The molecule has 0 heterocycles. The zero-order valence-electron chi connectivity index (χ0n) is 12.1. The Labute approximate surface area is 111 Å². The Hall–Kier alpha value is -0.220. The number of amides is 1. The molecule has 0 saturated heterocycles.